The van der Waals surface area contributed by atoms with Gasteiger partial charge in [0.25, 0.3) is 23.3 Å². The number of anilines is 2. The maximum Gasteiger partial charge on any atom is 0.263 e. The van der Waals surface area contributed by atoms with Gasteiger partial charge in [0.1, 0.15) is 11.6 Å². The zero-order valence-electron chi connectivity index (χ0n) is 24.3. The monoisotopic (exact) mass is 620 g/mol. The summed E-state index contributed by atoms with van der Waals surface area (Å²) in [7, 11) is 0. The minimum atomic E-state index is -1.21. The molecular formula is C34H26F2N6O4. The number of fused-ring (bicyclic) bond motifs is 1. The smallest absolute Gasteiger partial charge is 0.263 e. The Morgan fingerprint density at radius 3 is 2.52 bits per heavy atom. The third kappa shape index (κ3) is 6.09. The fraction of sp³-hybridized carbons (Fsp3) is 0.0882. The molecule has 0 saturated carbocycles. The van der Waals surface area contributed by atoms with E-state index >= 15 is 0 Å². The minimum absolute atomic E-state index is 0.0991. The minimum Gasteiger partial charge on any atom is -0.345 e. The van der Waals surface area contributed by atoms with Crippen LogP contribution in [-0.4, -0.2) is 32.3 Å². The number of aromatic nitrogens is 3. The van der Waals surface area contributed by atoms with Crippen LogP contribution >= 0.6 is 0 Å². The van der Waals surface area contributed by atoms with Gasteiger partial charge in [-0.15, -0.1) is 0 Å². The number of hydrogen-bond donors (Lipinski definition) is 4. The number of aromatic amines is 1. The van der Waals surface area contributed by atoms with Crippen molar-refractivity contribution in [1.82, 2.24) is 19.9 Å². The number of nitrogens with one attached hydrogen (secondary N) is 4. The van der Waals surface area contributed by atoms with Crippen molar-refractivity contribution < 1.29 is 23.2 Å². The maximum absolute atomic E-state index is 13.8. The van der Waals surface area contributed by atoms with E-state index in [-0.39, 0.29) is 18.0 Å². The molecule has 1 atom stereocenters. The lowest BCUT2D eigenvalue weighted by molar-refractivity contribution is -0.118. The Kier molecular flexibility index (Phi) is 8.08. The van der Waals surface area contributed by atoms with E-state index in [1.165, 1.54) is 23.0 Å². The van der Waals surface area contributed by atoms with Gasteiger partial charge in [0, 0.05) is 22.6 Å². The van der Waals surface area contributed by atoms with Crippen molar-refractivity contribution in [2.75, 3.05) is 10.6 Å². The number of H-pyrrole nitrogens is 1. The second-order valence-corrected chi connectivity index (χ2v) is 10.6. The highest BCUT2D eigenvalue weighted by Gasteiger charge is 2.28. The van der Waals surface area contributed by atoms with Crippen molar-refractivity contribution in [2.45, 2.75) is 19.5 Å². The quantitative estimate of drug-likeness (QED) is 0.185. The van der Waals surface area contributed by atoms with Crippen LogP contribution in [0.1, 0.15) is 44.5 Å². The SMILES string of the molecule is Cc1ccc(C(=O)NC(C(=O)Nc2ccc3c(c2)C(=Cc2cnc[nH]2)C(=O)N3)c2ccccc2)c(=O)n1Cc1ccc(F)c(F)c1. The Morgan fingerprint density at radius 1 is 0.978 bits per heavy atom. The first-order valence-electron chi connectivity index (χ1n) is 14.1. The van der Waals surface area contributed by atoms with Gasteiger partial charge < -0.3 is 25.5 Å². The molecule has 3 aromatic carbocycles. The highest BCUT2D eigenvalue weighted by molar-refractivity contribution is 6.35. The Bertz CT molecular complexity index is 2070. The van der Waals surface area contributed by atoms with Crippen LogP contribution in [0.2, 0.25) is 0 Å². The van der Waals surface area contributed by atoms with E-state index in [0.717, 1.165) is 12.1 Å². The van der Waals surface area contributed by atoms with E-state index in [0.29, 0.717) is 45.0 Å². The standard InChI is InChI=1S/C34H26F2N6O4/c1-19-7-10-24(34(46)42(19)17-20-8-11-27(35)28(36)13-20)31(43)41-30(21-5-3-2-4-6-21)33(45)39-22-9-12-29-25(14-22)26(32(44)40-29)15-23-16-37-18-38-23/h2-16,18,30H,17H2,1H3,(H,37,38)(H,39,45)(H,40,44)(H,41,43). The molecule has 0 spiro atoms. The van der Waals surface area contributed by atoms with Crippen LogP contribution in [0.4, 0.5) is 20.2 Å². The van der Waals surface area contributed by atoms with E-state index in [9.17, 15) is 28.0 Å². The highest BCUT2D eigenvalue weighted by Crippen LogP contribution is 2.35. The van der Waals surface area contributed by atoms with E-state index in [4.69, 9.17) is 0 Å². The second-order valence-electron chi connectivity index (χ2n) is 10.6. The average Bonchev–Trinajstić information content (AvgIpc) is 3.67. The molecule has 230 valence electrons. The number of aryl methyl sites for hydroxylation is 1. The molecule has 12 heteroatoms. The molecule has 4 N–H and O–H groups in total. The Balaban J connectivity index is 1.27. The normalized spacial score (nSPS) is 13.6. The van der Waals surface area contributed by atoms with Crippen molar-refractivity contribution in [1.29, 1.82) is 0 Å². The molecule has 1 aliphatic heterocycles. The summed E-state index contributed by atoms with van der Waals surface area (Å²) in [5, 5.41) is 8.27. The van der Waals surface area contributed by atoms with Crippen molar-refractivity contribution in [3.05, 3.63) is 147 Å². The van der Waals surface area contributed by atoms with Crippen LogP contribution in [0.5, 0.6) is 0 Å². The first kappa shape index (κ1) is 29.9. The molecule has 10 nitrogen and oxygen atoms in total. The summed E-state index contributed by atoms with van der Waals surface area (Å²) in [6, 6.07) is 18.5. The largest absolute Gasteiger partial charge is 0.345 e. The van der Waals surface area contributed by atoms with Crippen LogP contribution in [0, 0.1) is 18.6 Å². The predicted octanol–water partition coefficient (Wildman–Crippen LogP) is 4.81. The van der Waals surface area contributed by atoms with E-state index in [1.54, 1.807) is 73.8 Å². The molecule has 6 rings (SSSR count). The number of hydrogen-bond acceptors (Lipinski definition) is 5. The number of benzene rings is 3. The summed E-state index contributed by atoms with van der Waals surface area (Å²) in [5.41, 5.74) is 2.89. The molecule has 1 unspecified atom stereocenters. The Morgan fingerprint density at radius 2 is 1.78 bits per heavy atom. The van der Waals surface area contributed by atoms with Crippen LogP contribution in [-0.2, 0) is 16.1 Å². The number of rotatable bonds is 8. The Hall–Kier alpha value is -6.17. The molecule has 0 aliphatic carbocycles. The zero-order valence-corrected chi connectivity index (χ0v) is 24.3. The van der Waals surface area contributed by atoms with Gasteiger partial charge >= 0.3 is 0 Å². The predicted molar refractivity (Wildman–Crippen MR) is 168 cm³/mol. The van der Waals surface area contributed by atoms with Crippen molar-refractivity contribution in [2.24, 2.45) is 0 Å². The molecule has 0 saturated heterocycles. The van der Waals surface area contributed by atoms with Crippen molar-refractivity contribution >= 4 is 40.7 Å². The lowest BCUT2D eigenvalue weighted by atomic mass is 10.0. The fourth-order valence-corrected chi connectivity index (χ4v) is 5.14. The van der Waals surface area contributed by atoms with E-state index < -0.39 is 35.0 Å². The molecule has 3 heterocycles. The first-order valence-corrected chi connectivity index (χ1v) is 14.1. The molecule has 1 aliphatic rings. The summed E-state index contributed by atoms with van der Waals surface area (Å²) in [6.45, 7) is 1.55. The third-order valence-corrected chi connectivity index (χ3v) is 7.52. The van der Waals surface area contributed by atoms with Crippen LogP contribution in [0.25, 0.3) is 11.6 Å². The van der Waals surface area contributed by atoms with Gasteiger partial charge in [-0.3, -0.25) is 19.2 Å². The van der Waals surface area contributed by atoms with Gasteiger partial charge in [-0.05, 0) is 66.6 Å². The molecule has 46 heavy (non-hydrogen) atoms. The number of halogens is 2. The van der Waals surface area contributed by atoms with Gasteiger partial charge in [-0.2, -0.15) is 0 Å². The molecule has 0 bridgehead atoms. The molecule has 5 aromatic rings. The number of nitrogens with zero attached hydrogens (tertiary/aromatic N) is 2. The van der Waals surface area contributed by atoms with Gasteiger partial charge in [-0.25, -0.2) is 13.8 Å². The molecule has 0 fully saturated rings. The zero-order chi connectivity index (χ0) is 32.4. The number of carbonyl (C=O) groups excluding carboxylic acids is 3. The van der Waals surface area contributed by atoms with E-state index in [2.05, 4.69) is 25.9 Å². The number of imidazole rings is 1. The van der Waals surface area contributed by atoms with Crippen LogP contribution in [0.15, 0.2) is 96.2 Å². The Labute approximate surface area is 260 Å². The highest BCUT2D eigenvalue weighted by atomic mass is 19.2. The first-order chi connectivity index (χ1) is 22.2. The molecular weight excluding hydrogens is 594 g/mol. The van der Waals surface area contributed by atoms with Gasteiger partial charge in [0.05, 0.1) is 30.3 Å². The lowest BCUT2D eigenvalue weighted by Gasteiger charge is -2.20. The lowest BCUT2D eigenvalue weighted by Crippen LogP contribution is -2.40. The second kappa shape index (κ2) is 12.4. The maximum atomic E-state index is 13.8. The summed E-state index contributed by atoms with van der Waals surface area (Å²) in [5.74, 6) is -3.77. The van der Waals surface area contributed by atoms with Gasteiger partial charge in [-0.1, -0.05) is 36.4 Å². The van der Waals surface area contributed by atoms with Gasteiger partial charge in [0.15, 0.2) is 11.6 Å². The summed E-state index contributed by atoms with van der Waals surface area (Å²) < 4.78 is 28.5. The molecule has 2 aromatic heterocycles. The molecule has 0 radical (unpaired) electrons. The number of pyridine rings is 1. The van der Waals surface area contributed by atoms with Gasteiger partial charge in [0.2, 0.25) is 0 Å². The third-order valence-electron chi connectivity index (χ3n) is 7.52. The summed E-state index contributed by atoms with van der Waals surface area (Å²) in [4.78, 5) is 60.2. The fourth-order valence-electron chi connectivity index (χ4n) is 5.14. The topological polar surface area (TPSA) is 138 Å². The van der Waals surface area contributed by atoms with Crippen molar-refractivity contribution in [3.63, 3.8) is 0 Å². The number of amides is 3. The van der Waals surface area contributed by atoms with E-state index in [1.807, 2.05) is 0 Å². The molecule has 3 amide bonds. The van der Waals surface area contributed by atoms with Crippen molar-refractivity contribution in [3.8, 4) is 0 Å². The summed E-state index contributed by atoms with van der Waals surface area (Å²) >= 11 is 0. The van der Waals surface area contributed by atoms with Crippen LogP contribution in [0.3, 0.4) is 0 Å². The number of carbonyl (C=O) groups is 3. The summed E-state index contributed by atoms with van der Waals surface area (Å²) in [6.07, 6.45) is 4.71. The van der Waals surface area contributed by atoms with Crippen LogP contribution < -0.4 is 21.5 Å². The average molecular weight is 621 g/mol.